The van der Waals surface area contributed by atoms with Crippen molar-refractivity contribution in [3.8, 4) is 17.0 Å². The van der Waals surface area contributed by atoms with Crippen LogP contribution in [0.25, 0.3) is 11.3 Å². The molecule has 0 amide bonds. The Morgan fingerprint density at radius 2 is 1.96 bits per heavy atom. The quantitative estimate of drug-likeness (QED) is 0.917. The van der Waals surface area contributed by atoms with Crippen LogP contribution in [0.1, 0.15) is 30.9 Å². The van der Waals surface area contributed by atoms with Gasteiger partial charge in [0.25, 0.3) is 0 Å². The molecule has 2 fully saturated rings. The highest BCUT2D eigenvalue weighted by molar-refractivity contribution is 7.99. The average molecular weight is 343 g/mol. The first kappa shape index (κ1) is 16.0. The van der Waals surface area contributed by atoms with E-state index in [1.54, 1.807) is 7.11 Å². The maximum atomic E-state index is 5.23. The number of nitrogens with one attached hydrogen (secondary N) is 1. The minimum Gasteiger partial charge on any atom is -0.497 e. The summed E-state index contributed by atoms with van der Waals surface area (Å²) < 4.78 is 5.23. The molecule has 1 N–H and O–H groups in total. The molecule has 0 unspecified atom stereocenters. The molecule has 2 saturated heterocycles. The molecule has 5 heteroatoms. The SMILES string of the molecule is COc1ccc(-c2cc([C@H]3CCN(C4CCSCC4)C3)[nH]n2)cc1. The first-order valence-electron chi connectivity index (χ1n) is 8.85. The van der Waals surface area contributed by atoms with Crippen LogP contribution in [0.4, 0.5) is 0 Å². The third kappa shape index (κ3) is 3.33. The second-order valence-electron chi connectivity index (χ2n) is 6.76. The standard InChI is InChI=1S/C19H25N3OS/c1-23-17-4-2-14(3-5-17)18-12-19(21-20-18)15-6-9-22(13-15)16-7-10-24-11-8-16/h2-5,12,15-16H,6-11,13H2,1H3,(H,20,21)/t15-/m0/s1. The fourth-order valence-electron chi connectivity index (χ4n) is 3.88. The van der Waals surface area contributed by atoms with Crippen molar-refractivity contribution < 1.29 is 4.74 Å². The second-order valence-corrected chi connectivity index (χ2v) is 7.99. The summed E-state index contributed by atoms with van der Waals surface area (Å²) in [6.07, 6.45) is 3.96. The molecule has 2 aliphatic rings. The summed E-state index contributed by atoms with van der Waals surface area (Å²) in [5, 5.41) is 7.82. The van der Waals surface area contributed by atoms with Crippen molar-refractivity contribution >= 4 is 11.8 Å². The summed E-state index contributed by atoms with van der Waals surface area (Å²) in [5.74, 6) is 4.14. The minimum absolute atomic E-state index is 0.596. The molecule has 2 aromatic rings. The number of methoxy groups -OCH3 is 1. The van der Waals surface area contributed by atoms with E-state index < -0.39 is 0 Å². The van der Waals surface area contributed by atoms with Gasteiger partial charge in [-0.15, -0.1) is 0 Å². The lowest BCUT2D eigenvalue weighted by atomic mass is 10.0. The number of nitrogens with zero attached hydrogens (tertiary/aromatic N) is 2. The lowest BCUT2D eigenvalue weighted by molar-refractivity contribution is 0.226. The molecule has 0 aliphatic carbocycles. The monoisotopic (exact) mass is 343 g/mol. The van der Waals surface area contributed by atoms with Crippen LogP contribution in [0, 0.1) is 0 Å². The molecule has 2 aliphatic heterocycles. The molecule has 0 radical (unpaired) electrons. The van der Waals surface area contributed by atoms with Crippen molar-refractivity contribution in [2.75, 3.05) is 31.7 Å². The number of aromatic amines is 1. The Balaban J connectivity index is 1.43. The smallest absolute Gasteiger partial charge is 0.118 e. The van der Waals surface area contributed by atoms with Gasteiger partial charge in [0.05, 0.1) is 12.8 Å². The number of aromatic nitrogens is 2. The number of hydrogen-bond donors (Lipinski definition) is 1. The van der Waals surface area contributed by atoms with Crippen molar-refractivity contribution in [2.45, 2.75) is 31.2 Å². The largest absolute Gasteiger partial charge is 0.497 e. The van der Waals surface area contributed by atoms with Crippen molar-refractivity contribution in [3.63, 3.8) is 0 Å². The summed E-state index contributed by atoms with van der Waals surface area (Å²) in [5.41, 5.74) is 3.45. The summed E-state index contributed by atoms with van der Waals surface area (Å²) in [6.45, 7) is 2.41. The number of hydrogen-bond acceptors (Lipinski definition) is 4. The van der Waals surface area contributed by atoms with Crippen molar-refractivity contribution in [2.24, 2.45) is 0 Å². The molecule has 1 atom stereocenters. The van der Waals surface area contributed by atoms with Crippen LogP contribution >= 0.6 is 11.8 Å². The number of ether oxygens (including phenoxy) is 1. The molecule has 4 nitrogen and oxygen atoms in total. The molecule has 0 bridgehead atoms. The summed E-state index contributed by atoms with van der Waals surface area (Å²) in [6, 6.07) is 11.1. The highest BCUT2D eigenvalue weighted by Crippen LogP contribution is 2.32. The molecule has 4 rings (SSSR count). The lowest BCUT2D eigenvalue weighted by Gasteiger charge is -2.30. The zero-order valence-electron chi connectivity index (χ0n) is 14.2. The minimum atomic E-state index is 0.596. The van der Waals surface area contributed by atoms with Crippen LogP contribution in [0.3, 0.4) is 0 Å². The van der Waals surface area contributed by atoms with Crippen molar-refractivity contribution in [3.05, 3.63) is 36.0 Å². The van der Waals surface area contributed by atoms with Gasteiger partial charge in [0.15, 0.2) is 0 Å². The van der Waals surface area contributed by atoms with E-state index in [0.717, 1.165) is 23.0 Å². The molecular weight excluding hydrogens is 318 g/mol. The fraction of sp³-hybridized carbons (Fsp3) is 0.526. The highest BCUT2D eigenvalue weighted by Gasteiger charge is 2.30. The number of thioether (sulfide) groups is 1. The number of likely N-dealkylation sites (tertiary alicyclic amines) is 1. The van der Waals surface area contributed by atoms with Gasteiger partial charge >= 0.3 is 0 Å². The normalized spacial score (nSPS) is 22.8. The fourth-order valence-corrected chi connectivity index (χ4v) is 4.96. The average Bonchev–Trinajstić information content (AvgIpc) is 3.32. The van der Waals surface area contributed by atoms with Gasteiger partial charge in [0.2, 0.25) is 0 Å². The highest BCUT2D eigenvalue weighted by atomic mass is 32.2. The Labute approximate surface area is 148 Å². The van der Waals surface area contributed by atoms with Crippen molar-refractivity contribution in [1.82, 2.24) is 15.1 Å². The first-order valence-corrected chi connectivity index (χ1v) is 10.0. The Morgan fingerprint density at radius 1 is 1.17 bits per heavy atom. The van der Waals surface area contributed by atoms with E-state index >= 15 is 0 Å². The van der Waals surface area contributed by atoms with Crippen molar-refractivity contribution in [1.29, 1.82) is 0 Å². The molecule has 0 saturated carbocycles. The van der Waals surface area contributed by atoms with Gasteiger partial charge < -0.3 is 4.74 Å². The van der Waals surface area contributed by atoms with E-state index in [4.69, 9.17) is 4.74 Å². The van der Waals surface area contributed by atoms with Gasteiger partial charge in [0, 0.05) is 29.8 Å². The third-order valence-corrected chi connectivity index (χ3v) is 6.40. The Kier molecular flexibility index (Phi) is 4.81. The topological polar surface area (TPSA) is 41.1 Å². The van der Waals surface area contributed by atoms with Gasteiger partial charge in [-0.05, 0) is 67.6 Å². The Hall–Kier alpha value is -1.46. The van der Waals surface area contributed by atoms with Gasteiger partial charge in [-0.3, -0.25) is 10.00 Å². The van der Waals surface area contributed by atoms with E-state index in [1.807, 2.05) is 12.1 Å². The Morgan fingerprint density at radius 3 is 2.71 bits per heavy atom. The van der Waals surface area contributed by atoms with Gasteiger partial charge in [-0.25, -0.2) is 0 Å². The predicted molar refractivity (Wildman–Crippen MR) is 99.9 cm³/mol. The summed E-state index contributed by atoms with van der Waals surface area (Å²) in [7, 11) is 1.69. The Bertz CT molecular complexity index is 664. The maximum absolute atomic E-state index is 5.23. The van der Waals surface area contributed by atoms with E-state index in [1.165, 1.54) is 49.6 Å². The summed E-state index contributed by atoms with van der Waals surface area (Å²) >= 11 is 2.11. The molecule has 3 heterocycles. The number of H-pyrrole nitrogens is 1. The van der Waals surface area contributed by atoms with E-state index in [9.17, 15) is 0 Å². The number of rotatable bonds is 4. The predicted octanol–water partition coefficient (Wildman–Crippen LogP) is 3.77. The van der Waals surface area contributed by atoms with Crippen LogP contribution in [0.2, 0.25) is 0 Å². The zero-order valence-corrected chi connectivity index (χ0v) is 15.0. The second kappa shape index (κ2) is 7.19. The molecule has 128 valence electrons. The zero-order chi connectivity index (χ0) is 16.4. The first-order chi connectivity index (χ1) is 11.8. The van der Waals surface area contributed by atoms with Gasteiger partial charge in [-0.1, -0.05) is 0 Å². The maximum Gasteiger partial charge on any atom is 0.118 e. The summed E-state index contributed by atoms with van der Waals surface area (Å²) in [4.78, 5) is 2.71. The lowest BCUT2D eigenvalue weighted by Crippen LogP contribution is -2.36. The third-order valence-electron chi connectivity index (χ3n) is 5.35. The van der Waals surface area contributed by atoms with E-state index in [0.29, 0.717) is 5.92 Å². The van der Waals surface area contributed by atoms with E-state index in [-0.39, 0.29) is 0 Å². The molecule has 1 aromatic heterocycles. The van der Waals surface area contributed by atoms with Crippen LogP contribution in [-0.2, 0) is 0 Å². The van der Waals surface area contributed by atoms with Crippen LogP contribution in [-0.4, -0.2) is 52.8 Å². The molecular formula is C19H25N3OS. The molecule has 0 spiro atoms. The number of benzene rings is 1. The van der Waals surface area contributed by atoms with Gasteiger partial charge in [0.1, 0.15) is 5.75 Å². The van der Waals surface area contributed by atoms with Crippen LogP contribution < -0.4 is 4.74 Å². The van der Waals surface area contributed by atoms with Crippen LogP contribution in [0.5, 0.6) is 5.75 Å². The molecule has 1 aromatic carbocycles. The van der Waals surface area contributed by atoms with E-state index in [2.05, 4.69) is 45.1 Å². The molecule has 24 heavy (non-hydrogen) atoms. The van der Waals surface area contributed by atoms with Gasteiger partial charge in [-0.2, -0.15) is 16.9 Å². The van der Waals surface area contributed by atoms with Crippen LogP contribution in [0.15, 0.2) is 30.3 Å².